The summed E-state index contributed by atoms with van der Waals surface area (Å²) >= 11 is 3.85. The van der Waals surface area contributed by atoms with Crippen LogP contribution in [0.25, 0.3) is 33.4 Å². The molecule has 0 amide bonds. The van der Waals surface area contributed by atoms with Gasteiger partial charge in [-0.3, -0.25) is 0 Å². The maximum absolute atomic E-state index is 3.85. The number of hydrogen-bond donors (Lipinski definition) is 0. The predicted octanol–water partition coefficient (Wildman–Crippen LogP) is 7.35. The van der Waals surface area contributed by atoms with E-state index in [9.17, 15) is 0 Å². The lowest BCUT2D eigenvalue weighted by Crippen LogP contribution is -1.85. The molecule has 1 aliphatic rings. The van der Waals surface area contributed by atoms with Crippen molar-refractivity contribution < 1.29 is 0 Å². The molecule has 0 N–H and O–H groups in total. The molecule has 0 spiro atoms. The van der Waals surface area contributed by atoms with E-state index in [4.69, 9.17) is 0 Å². The van der Waals surface area contributed by atoms with Crippen molar-refractivity contribution in [3.8, 4) is 33.4 Å². The Morgan fingerprint density at radius 1 is 0.538 bits per heavy atom. The Hall–Kier alpha value is -2.64. The quantitative estimate of drug-likeness (QED) is 0.292. The van der Waals surface area contributed by atoms with Gasteiger partial charge in [-0.1, -0.05) is 94.8 Å². The molecular formula is C25H17Br. The van der Waals surface area contributed by atoms with Crippen molar-refractivity contribution >= 4 is 15.9 Å². The van der Waals surface area contributed by atoms with Crippen molar-refractivity contribution in [3.05, 3.63) is 107 Å². The molecule has 0 nitrogen and oxygen atoms in total. The third-order valence-electron chi connectivity index (χ3n) is 5.15. The van der Waals surface area contributed by atoms with E-state index in [-0.39, 0.29) is 0 Å². The zero-order chi connectivity index (χ0) is 17.5. The Bertz CT molecular complexity index is 1100. The lowest BCUT2D eigenvalue weighted by atomic mass is 9.97. The number of benzene rings is 4. The van der Waals surface area contributed by atoms with Gasteiger partial charge < -0.3 is 0 Å². The number of rotatable bonds is 2. The molecule has 0 fully saturated rings. The van der Waals surface area contributed by atoms with E-state index in [1.165, 1.54) is 49.0 Å². The van der Waals surface area contributed by atoms with E-state index in [0.29, 0.717) is 0 Å². The number of halogens is 1. The Morgan fingerprint density at radius 2 is 1.19 bits per heavy atom. The second-order valence-corrected chi connectivity index (χ2v) is 7.63. The van der Waals surface area contributed by atoms with E-state index >= 15 is 0 Å². The molecule has 0 bridgehead atoms. The van der Waals surface area contributed by atoms with Crippen molar-refractivity contribution in [2.24, 2.45) is 0 Å². The summed E-state index contributed by atoms with van der Waals surface area (Å²) in [7, 11) is 0. The molecule has 1 heteroatoms. The Kier molecular flexibility index (Phi) is 3.76. The molecule has 0 atom stereocenters. The lowest BCUT2D eigenvalue weighted by molar-refractivity contribution is 1.26. The van der Waals surface area contributed by atoms with Gasteiger partial charge >= 0.3 is 0 Å². The highest BCUT2D eigenvalue weighted by Crippen LogP contribution is 2.44. The molecule has 0 saturated heterocycles. The monoisotopic (exact) mass is 396 g/mol. The van der Waals surface area contributed by atoms with Crippen LogP contribution in [-0.4, -0.2) is 0 Å². The van der Waals surface area contributed by atoms with E-state index in [1.54, 1.807) is 0 Å². The van der Waals surface area contributed by atoms with Crippen LogP contribution in [0.2, 0.25) is 0 Å². The fraction of sp³-hybridized carbons (Fsp3) is 0.0400. The van der Waals surface area contributed by atoms with Crippen molar-refractivity contribution in [1.29, 1.82) is 0 Å². The van der Waals surface area contributed by atoms with Gasteiger partial charge in [0.05, 0.1) is 0 Å². The maximum Gasteiger partial charge on any atom is 0.0262 e. The summed E-state index contributed by atoms with van der Waals surface area (Å²) in [4.78, 5) is 0. The van der Waals surface area contributed by atoms with Gasteiger partial charge in [-0.25, -0.2) is 0 Å². The molecule has 0 aromatic heterocycles. The SMILES string of the molecule is Brc1cc(-c2ccccc2)cc2c1-c1cc(-c3ccccc3)ccc1C2. The van der Waals surface area contributed by atoms with Gasteiger partial charge in [0.25, 0.3) is 0 Å². The van der Waals surface area contributed by atoms with Crippen LogP contribution in [-0.2, 0) is 6.42 Å². The van der Waals surface area contributed by atoms with Gasteiger partial charge in [0.2, 0.25) is 0 Å². The molecule has 4 aromatic carbocycles. The smallest absolute Gasteiger partial charge is 0.0262 e. The van der Waals surface area contributed by atoms with Crippen LogP contribution in [0, 0.1) is 0 Å². The Labute approximate surface area is 162 Å². The molecule has 0 unspecified atom stereocenters. The van der Waals surface area contributed by atoms with Crippen molar-refractivity contribution in [2.75, 3.05) is 0 Å². The minimum absolute atomic E-state index is 0.999. The van der Waals surface area contributed by atoms with E-state index in [1.807, 2.05) is 0 Å². The molecule has 0 heterocycles. The van der Waals surface area contributed by atoms with Crippen LogP contribution < -0.4 is 0 Å². The van der Waals surface area contributed by atoms with Gasteiger partial charge in [0.1, 0.15) is 0 Å². The summed E-state index contributed by atoms with van der Waals surface area (Å²) in [6.07, 6.45) is 0.999. The molecule has 0 aliphatic heterocycles. The van der Waals surface area contributed by atoms with Crippen LogP contribution >= 0.6 is 15.9 Å². The fourth-order valence-electron chi connectivity index (χ4n) is 3.88. The van der Waals surface area contributed by atoms with Gasteiger partial charge in [-0.05, 0) is 63.1 Å². The Balaban J connectivity index is 1.63. The normalized spacial score (nSPS) is 11.9. The first-order valence-corrected chi connectivity index (χ1v) is 9.65. The highest BCUT2D eigenvalue weighted by molar-refractivity contribution is 9.10. The zero-order valence-electron chi connectivity index (χ0n) is 14.2. The van der Waals surface area contributed by atoms with Crippen molar-refractivity contribution in [3.63, 3.8) is 0 Å². The largest absolute Gasteiger partial charge is 0.0622 e. The third-order valence-corrected chi connectivity index (χ3v) is 5.77. The maximum atomic E-state index is 3.85. The molecular weight excluding hydrogens is 380 g/mol. The average molecular weight is 397 g/mol. The summed E-state index contributed by atoms with van der Waals surface area (Å²) in [5.74, 6) is 0. The van der Waals surface area contributed by atoms with Crippen LogP contribution in [0.5, 0.6) is 0 Å². The summed E-state index contributed by atoms with van der Waals surface area (Å²) < 4.78 is 1.18. The molecule has 0 radical (unpaired) electrons. The first-order chi connectivity index (χ1) is 12.8. The third kappa shape index (κ3) is 2.60. The number of fused-ring (bicyclic) bond motifs is 3. The van der Waals surface area contributed by atoms with Crippen LogP contribution in [0.1, 0.15) is 11.1 Å². The summed E-state index contributed by atoms with van der Waals surface area (Å²) in [6.45, 7) is 0. The lowest BCUT2D eigenvalue weighted by Gasteiger charge is -2.10. The first kappa shape index (κ1) is 15.6. The molecule has 5 rings (SSSR count). The highest BCUT2D eigenvalue weighted by atomic mass is 79.9. The van der Waals surface area contributed by atoms with Crippen LogP contribution in [0.15, 0.2) is 95.5 Å². The minimum Gasteiger partial charge on any atom is -0.0622 e. The first-order valence-electron chi connectivity index (χ1n) is 8.86. The predicted molar refractivity (Wildman–Crippen MR) is 113 cm³/mol. The Morgan fingerprint density at radius 3 is 1.88 bits per heavy atom. The summed E-state index contributed by atoms with van der Waals surface area (Å²) in [6, 6.07) is 32.6. The summed E-state index contributed by atoms with van der Waals surface area (Å²) in [5.41, 5.74) is 10.6. The fourth-order valence-corrected chi connectivity index (χ4v) is 4.60. The van der Waals surface area contributed by atoms with Crippen molar-refractivity contribution in [1.82, 2.24) is 0 Å². The topological polar surface area (TPSA) is 0 Å². The molecule has 26 heavy (non-hydrogen) atoms. The minimum atomic E-state index is 0.999. The van der Waals surface area contributed by atoms with E-state index in [0.717, 1.165) is 6.42 Å². The van der Waals surface area contributed by atoms with Gasteiger partial charge in [0.15, 0.2) is 0 Å². The van der Waals surface area contributed by atoms with E-state index < -0.39 is 0 Å². The second kappa shape index (κ2) is 6.26. The van der Waals surface area contributed by atoms with Gasteiger partial charge in [0, 0.05) is 4.47 Å². The van der Waals surface area contributed by atoms with Crippen molar-refractivity contribution in [2.45, 2.75) is 6.42 Å². The second-order valence-electron chi connectivity index (χ2n) is 6.77. The van der Waals surface area contributed by atoms with E-state index in [2.05, 4.69) is 107 Å². The van der Waals surface area contributed by atoms with Crippen LogP contribution in [0.4, 0.5) is 0 Å². The summed E-state index contributed by atoms with van der Waals surface area (Å²) in [5, 5.41) is 0. The van der Waals surface area contributed by atoms with Crippen LogP contribution in [0.3, 0.4) is 0 Å². The highest BCUT2D eigenvalue weighted by Gasteiger charge is 2.22. The zero-order valence-corrected chi connectivity index (χ0v) is 15.8. The molecule has 4 aromatic rings. The molecule has 1 aliphatic carbocycles. The number of hydrogen-bond acceptors (Lipinski definition) is 0. The van der Waals surface area contributed by atoms with Gasteiger partial charge in [-0.15, -0.1) is 0 Å². The average Bonchev–Trinajstić information content (AvgIpc) is 3.07. The standard InChI is InChI=1S/C25H17Br/c26-24-16-21(18-9-5-2-6-10-18)14-22-13-20-12-11-19(15-23(20)25(22)24)17-7-3-1-4-8-17/h1-12,14-16H,13H2. The van der Waals surface area contributed by atoms with Gasteiger partial charge in [-0.2, -0.15) is 0 Å². The molecule has 0 saturated carbocycles. The molecule has 124 valence electrons.